The Kier molecular flexibility index (Phi) is 4.47. The Morgan fingerprint density at radius 1 is 1.29 bits per heavy atom. The SMILES string of the molecule is CCC(C)OCCc1ccc(O)cc1. The van der Waals surface area contributed by atoms with E-state index in [9.17, 15) is 0 Å². The summed E-state index contributed by atoms with van der Waals surface area (Å²) in [5.41, 5.74) is 1.20. The zero-order valence-electron chi connectivity index (χ0n) is 8.86. The lowest BCUT2D eigenvalue weighted by atomic mass is 10.1. The third-order valence-corrected chi connectivity index (χ3v) is 2.30. The molecule has 14 heavy (non-hydrogen) atoms. The zero-order chi connectivity index (χ0) is 10.4. The largest absolute Gasteiger partial charge is 0.508 e. The van der Waals surface area contributed by atoms with Gasteiger partial charge in [0.15, 0.2) is 0 Å². The topological polar surface area (TPSA) is 29.5 Å². The smallest absolute Gasteiger partial charge is 0.115 e. The van der Waals surface area contributed by atoms with E-state index in [4.69, 9.17) is 9.84 Å². The molecule has 0 aliphatic heterocycles. The average Bonchev–Trinajstić information content (AvgIpc) is 2.21. The molecule has 0 bridgehead atoms. The third kappa shape index (κ3) is 3.79. The van der Waals surface area contributed by atoms with Gasteiger partial charge >= 0.3 is 0 Å². The van der Waals surface area contributed by atoms with Crippen LogP contribution in [0.2, 0.25) is 0 Å². The maximum absolute atomic E-state index is 9.08. The predicted octanol–water partition coefficient (Wildman–Crippen LogP) is 2.75. The van der Waals surface area contributed by atoms with E-state index < -0.39 is 0 Å². The number of hydrogen-bond acceptors (Lipinski definition) is 2. The highest BCUT2D eigenvalue weighted by atomic mass is 16.5. The normalized spacial score (nSPS) is 12.7. The number of phenolic OH excluding ortho intramolecular Hbond substituents is 1. The first-order chi connectivity index (χ1) is 6.72. The molecule has 1 aromatic rings. The van der Waals surface area contributed by atoms with Gasteiger partial charge in [-0.05, 0) is 37.5 Å². The summed E-state index contributed by atoms with van der Waals surface area (Å²) in [6.07, 6.45) is 2.30. The van der Waals surface area contributed by atoms with Gasteiger partial charge in [-0.15, -0.1) is 0 Å². The standard InChI is InChI=1S/C12H18O2/c1-3-10(2)14-9-8-11-4-6-12(13)7-5-11/h4-7,10,13H,3,8-9H2,1-2H3. The van der Waals surface area contributed by atoms with Crippen LogP contribution in [0.1, 0.15) is 25.8 Å². The molecule has 2 heteroatoms. The molecule has 1 N–H and O–H groups in total. The molecule has 0 aromatic heterocycles. The fourth-order valence-electron chi connectivity index (χ4n) is 1.16. The molecule has 0 spiro atoms. The number of phenols is 1. The van der Waals surface area contributed by atoms with Crippen LogP contribution in [-0.4, -0.2) is 17.8 Å². The lowest BCUT2D eigenvalue weighted by molar-refractivity contribution is 0.0659. The van der Waals surface area contributed by atoms with Crippen molar-refractivity contribution in [1.82, 2.24) is 0 Å². The zero-order valence-corrected chi connectivity index (χ0v) is 8.86. The van der Waals surface area contributed by atoms with Gasteiger partial charge in [-0.2, -0.15) is 0 Å². The third-order valence-electron chi connectivity index (χ3n) is 2.30. The van der Waals surface area contributed by atoms with E-state index in [0.717, 1.165) is 19.4 Å². The van der Waals surface area contributed by atoms with E-state index in [1.807, 2.05) is 12.1 Å². The van der Waals surface area contributed by atoms with Gasteiger partial charge in [-0.25, -0.2) is 0 Å². The van der Waals surface area contributed by atoms with Crippen molar-refractivity contribution >= 4 is 0 Å². The van der Waals surface area contributed by atoms with Gasteiger partial charge in [0, 0.05) is 0 Å². The van der Waals surface area contributed by atoms with Gasteiger partial charge in [-0.1, -0.05) is 19.1 Å². The van der Waals surface area contributed by atoms with Crippen molar-refractivity contribution in [3.8, 4) is 5.75 Å². The van der Waals surface area contributed by atoms with Crippen LogP contribution in [0.4, 0.5) is 0 Å². The maximum atomic E-state index is 9.08. The molecule has 0 fully saturated rings. The molecule has 1 atom stereocenters. The van der Waals surface area contributed by atoms with E-state index in [0.29, 0.717) is 11.9 Å². The molecule has 0 aliphatic rings. The van der Waals surface area contributed by atoms with Crippen LogP contribution in [0.15, 0.2) is 24.3 Å². The van der Waals surface area contributed by atoms with E-state index in [1.165, 1.54) is 5.56 Å². The van der Waals surface area contributed by atoms with Crippen LogP contribution in [-0.2, 0) is 11.2 Å². The van der Waals surface area contributed by atoms with Gasteiger partial charge < -0.3 is 9.84 Å². The highest BCUT2D eigenvalue weighted by Crippen LogP contribution is 2.10. The second-order valence-corrected chi connectivity index (χ2v) is 3.51. The predicted molar refractivity (Wildman–Crippen MR) is 57.5 cm³/mol. The minimum Gasteiger partial charge on any atom is -0.508 e. The number of rotatable bonds is 5. The molecule has 0 aliphatic carbocycles. The van der Waals surface area contributed by atoms with Crippen molar-refractivity contribution in [3.05, 3.63) is 29.8 Å². The summed E-state index contributed by atoms with van der Waals surface area (Å²) in [6, 6.07) is 7.27. The molecule has 0 heterocycles. The molecular formula is C12H18O2. The number of aromatic hydroxyl groups is 1. The van der Waals surface area contributed by atoms with E-state index >= 15 is 0 Å². The minimum atomic E-state index is 0.316. The second-order valence-electron chi connectivity index (χ2n) is 3.51. The molecule has 1 aromatic carbocycles. The molecule has 0 saturated heterocycles. The molecular weight excluding hydrogens is 176 g/mol. The minimum absolute atomic E-state index is 0.316. The van der Waals surface area contributed by atoms with Crippen LogP contribution >= 0.6 is 0 Å². The molecule has 1 rings (SSSR count). The summed E-state index contributed by atoms with van der Waals surface area (Å²) in [4.78, 5) is 0. The monoisotopic (exact) mass is 194 g/mol. The Hall–Kier alpha value is -1.02. The van der Waals surface area contributed by atoms with Crippen LogP contribution < -0.4 is 0 Å². The summed E-state index contributed by atoms with van der Waals surface area (Å²) < 4.78 is 5.56. The fourth-order valence-corrected chi connectivity index (χ4v) is 1.16. The molecule has 0 saturated carbocycles. The lowest BCUT2D eigenvalue weighted by Gasteiger charge is -2.10. The van der Waals surface area contributed by atoms with Crippen molar-refractivity contribution in [1.29, 1.82) is 0 Å². The summed E-state index contributed by atoms with van der Waals surface area (Å²) in [6.45, 7) is 4.95. The quantitative estimate of drug-likeness (QED) is 0.781. The Morgan fingerprint density at radius 2 is 1.93 bits per heavy atom. The molecule has 1 unspecified atom stereocenters. The maximum Gasteiger partial charge on any atom is 0.115 e. The Morgan fingerprint density at radius 3 is 2.50 bits per heavy atom. The summed E-state index contributed by atoms with van der Waals surface area (Å²) in [7, 11) is 0. The van der Waals surface area contributed by atoms with Crippen molar-refractivity contribution in [2.45, 2.75) is 32.8 Å². The Balaban J connectivity index is 2.28. The summed E-state index contributed by atoms with van der Waals surface area (Å²) >= 11 is 0. The van der Waals surface area contributed by atoms with Gasteiger partial charge in [-0.3, -0.25) is 0 Å². The average molecular weight is 194 g/mol. The van der Waals surface area contributed by atoms with Crippen LogP contribution in [0, 0.1) is 0 Å². The van der Waals surface area contributed by atoms with Crippen LogP contribution in [0.5, 0.6) is 5.75 Å². The van der Waals surface area contributed by atoms with E-state index in [1.54, 1.807) is 12.1 Å². The fraction of sp³-hybridized carbons (Fsp3) is 0.500. The second kappa shape index (κ2) is 5.66. The van der Waals surface area contributed by atoms with Crippen molar-refractivity contribution in [2.75, 3.05) is 6.61 Å². The number of ether oxygens (including phenoxy) is 1. The summed E-state index contributed by atoms with van der Waals surface area (Å²) in [5.74, 6) is 0.316. The lowest BCUT2D eigenvalue weighted by Crippen LogP contribution is -2.08. The van der Waals surface area contributed by atoms with Crippen LogP contribution in [0.25, 0.3) is 0 Å². The highest BCUT2D eigenvalue weighted by molar-refractivity contribution is 5.25. The van der Waals surface area contributed by atoms with Crippen LogP contribution in [0.3, 0.4) is 0 Å². The van der Waals surface area contributed by atoms with Crippen molar-refractivity contribution in [3.63, 3.8) is 0 Å². The first-order valence-electron chi connectivity index (χ1n) is 5.12. The molecule has 0 radical (unpaired) electrons. The first kappa shape index (κ1) is 11.1. The van der Waals surface area contributed by atoms with E-state index in [2.05, 4.69) is 13.8 Å². The summed E-state index contributed by atoms with van der Waals surface area (Å²) in [5, 5.41) is 9.08. The molecule has 78 valence electrons. The van der Waals surface area contributed by atoms with Crippen molar-refractivity contribution < 1.29 is 9.84 Å². The number of benzene rings is 1. The Bertz CT molecular complexity index is 254. The van der Waals surface area contributed by atoms with Gasteiger partial charge in [0.05, 0.1) is 12.7 Å². The van der Waals surface area contributed by atoms with Gasteiger partial charge in [0.1, 0.15) is 5.75 Å². The highest BCUT2D eigenvalue weighted by Gasteiger charge is 1.98. The molecule has 2 nitrogen and oxygen atoms in total. The van der Waals surface area contributed by atoms with Crippen molar-refractivity contribution in [2.24, 2.45) is 0 Å². The Labute approximate surface area is 85.5 Å². The van der Waals surface area contributed by atoms with Gasteiger partial charge in [0.2, 0.25) is 0 Å². The first-order valence-corrected chi connectivity index (χ1v) is 5.12. The number of hydrogen-bond donors (Lipinski definition) is 1. The molecule has 0 amide bonds. The van der Waals surface area contributed by atoms with Gasteiger partial charge in [0.25, 0.3) is 0 Å². The van der Waals surface area contributed by atoms with E-state index in [-0.39, 0.29) is 0 Å².